The van der Waals surface area contributed by atoms with Crippen LogP contribution in [0.1, 0.15) is 23.4 Å². The Balaban J connectivity index is 0.00000320. The lowest BCUT2D eigenvalue weighted by molar-refractivity contribution is 0.411. The van der Waals surface area contributed by atoms with Crippen molar-refractivity contribution in [3.05, 3.63) is 59.4 Å². The second-order valence-corrected chi connectivity index (χ2v) is 7.13. The summed E-state index contributed by atoms with van der Waals surface area (Å²) >= 11 is 0. The highest BCUT2D eigenvalue weighted by molar-refractivity contribution is 14.0. The van der Waals surface area contributed by atoms with E-state index in [9.17, 15) is 0 Å². The molecule has 0 saturated heterocycles. The van der Waals surface area contributed by atoms with Gasteiger partial charge in [0.05, 0.1) is 18.1 Å². The number of nitrogens with zero attached hydrogens (tertiary/aromatic N) is 3. The summed E-state index contributed by atoms with van der Waals surface area (Å²) in [5, 5.41) is 6.78. The van der Waals surface area contributed by atoms with Crippen molar-refractivity contribution in [1.82, 2.24) is 20.2 Å². The van der Waals surface area contributed by atoms with Crippen molar-refractivity contribution in [2.75, 3.05) is 27.2 Å². The topological polar surface area (TPSA) is 63.5 Å². The highest BCUT2D eigenvalue weighted by Crippen LogP contribution is 2.19. The lowest BCUT2D eigenvalue weighted by atomic mass is 10.1. The van der Waals surface area contributed by atoms with Crippen LogP contribution in [0.5, 0.6) is 5.75 Å². The van der Waals surface area contributed by atoms with Crippen molar-refractivity contribution in [3.63, 3.8) is 0 Å². The van der Waals surface area contributed by atoms with Crippen LogP contribution in [0, 0.1) is 13.8 Å². The molecular weight excluding hydrogens is 489 g/mol. The number of hydrogen-bond acceptors (Lipinski definition) is 3. The molecule has 0 saturated carbocycles. The van der Waals surface area contributed by atoms with Crippen LogP contribution in [0.4, 0.5) is 0 Å². The van der Waals surface area contributed by atoms with Gasteiger partial charge in [0, 0.05) is 26.7 Å². The molecule has 3 aromatic rings. The molecule has 0 radical (unpaired) electrons. The number of halogens is 1. The molecule has 1 aromatic heterocycles. The second-order valence-electron chi connectivity index (χ2n) is 7.13. The number of guanidine groups is 1. The maximum Gasteiger partial charge on any atom is 0.190 e. The third-order valence-corrected chi connectivity index (χ3v) is 5.10. The summed E-state index contributed by atoms with van der Waals surface area (Å²) in [4.78, 5) is 8.95. The first-order valence-corrected chi connectivity index (χ1v) is 10.1. The van der Waals surface area contributed by atoms with Gasteiger partial charge in [0.15, 0.2) is 5.96 Å². The van der Waals surface area contributed by atoms with E-state index >= 15 is 0 Å². The van der Waals surface area contributed by atoms with Gasteiger partial charge in [0.25, 0.3) is 0 Å². The maximum absolute atomic E-state index is 5.40. The highest BCUT2D eigenvalue weighted by atomic mass is 127. The van der Waals surface area contributed by atoms with Gasteiger partial charge in [-0.05, 0) is 56.0 Å². The lowest BCUT2D eigenvalue weighted by Crippen LogP contribution is -2.39. The number of methoxy groups -OCH3 is 1. The molecule has 0 atom stereocenters. The highest BCUT2D eigenvalue weighted by Gasteiger charge is 2.06. The summed E-state index contributed by atoms with van der Waals surface area (Å²) in [7, 11) is 3.52. The molecule has 1 heterocycles. The van der Waals surface area contributed by atoms with Crippen molar-refractivity contribution >= 4 is 41.0 Å². The van der Waals surface area contributed by atoms with E-state index in [1.165, 1.54) is 11.1 Å². The van der Waals surface area contributed by atoms with Crippen molar-refractivity contribution < 1.29 is 4.74 Å². The Hall–Kier alpha value is -2.29. The van der Waals surface area contributed by atoms with Gasteiger partial charge < -0.3 is 19.9 Å². The Kier molecular flexibility index (Phi) is 9.42. The molecule has 7 heteroatoms. The van der Waals surface area contributed by atoms with Crippen LogP contribution in [-0.2, 0) is 13.0 Å². The van der Waals surface area contributed by atoms with Crippen LogP contribution < -0.4 is 15.4 Å². The van der Waals surface area contributed by atoms with E-state index in [-0.39, 0.29) is 24.0 Å². The van der Waals surface area contributed by atoms with E-state index in [2.05, 4.69) is 75.4 Å². The molecule has 0 bridgehead atoms. The number of para-hydroxylation sites is 2. The molecule has 30 heavy (non-hydrogen) atoms. The fourth-order valence-electron chi connectivity index (χ4n) is 3.49. The van der Waals surface area contributed by atoms with Crippen LogP contribution in [0.15, 0.2) is 47.5 Å². The summed E-state index contributed by atoms with van der Waals surface area (Å²) in [6.45, 7) is 6.72. The number of aliphatic imine (C=N–C) groups is 1. The number of rotatable bonds is 8. The Labute approximate surface area is 196 Å². The van der Waals surface area contributed by atoms with Crippen LogP contribution in [0.25, 0.3) is 11.0 Å². The average Bonchev–Trinajstić information content (AvgIpc) is 3.06. The zero-order chi connectivity index (χ0) is 20.6. The molecule has 162 valence electrons. The molecule has 6 nitrogen and oxygen atoms in total. The van der Waals surface area contributed by atoms with E-state index < -0.39 is 0 Å². The van der Waals surface area contributed by atoms with Crippen LogP contribution in [-0.4, -0.2) is 42.8 Å². The summed E-state index contributed by atoms with van der Waals surface area (Å²) in [5.74, 6) is 2.82. The molecule has 0 spiro atoms. The molecule has 0 aliphatic heterocycles. The van der Waals surface area contributed by atoms with Gasteiger partial charge in [0.1, 0.15) is 11.6 Å². The fraction of sp³-hybridized carbons (Fsp3) is 0.391. The van der Waals surface area contributed by atoms with Gasteiger partial charge in [0.2, 0.25) is 0 Å². The zero-order valence-corrected chi connectivity index (χ0v) is 20.6. The SMILES string of the molecule is CN=C(NCCCn1c(C)nc2ccccc21)NCCc1ccc(C)c(OC)c1.I. The van der Waals surface area contributed by atoms with Gasteiger partial charge >= 0.3 is 0 Å². The fourth-order valence-corrected chi connectivity index (χ4v) is 3.49. The molecule has 0 amide bonds. The number of imidazole rings is 1. The first-order chi connectivity index (χ1) is 14.1. The Morgan fingerprint density at radius 3 is 2.63 bits per heavy atom. The Bertz CT molecular complexity index is 983. The molecule has 0 unspecified atom stereocenters. The average molecular weight is 521 g/mol. The minimum atomic E-state index is 0. The second kappa shape index (κ2) is 11.8. The quantitative estimate of drug-likeness (QED) is 0.203. The van der Waals surface area contributed by atoms with Crippen molar-refractivity contribution in [3.8, 4) is 5.75 Å². The van der Waals surface area contributed by atoms with E-state index in [4.69, 9.17) is 4.74 Å². The molecular formula is C23H32IN5O. The molecule has 2 aromatic carbocycles. The minimum absolute atomic E-state index is 0. The van der Waals surface area contributed by atoms with E-state index in [1.807, 2.05) is 6.07 Å². The summed E-state index contributed by atoms with van der Waals surface area (Å²) in [6, 6.07) is 14.6. The predicted molar refractivity (Wildman–Crippen MR) is 135 cm³/mol. The van der Waals surface area contributed by atoms with E-state index in [0.717, 1.165) is 61.1 Å². The number of hydrogen-bond donors (Lipinski definition) is 2. The summed E-state index contributed by atoms with van der Waals surface area (Å²) < 4.78 is 7.68. The van der Waals surface area contributed by atoms with Crippen molar-refractivity contribution in [2.45, 2.75) is 33.2 Å². The minimum Gasteiger partial charge on any atom is -0.496 e. The van der Waals surface area contributed by atoms with Gasteiger partial charge in [-0.3, -0.25) is 4.99 Å². The maximum atomic E-state index is 5.40. The third kappa shape index (κ3) is 6.10. The van der Waals surface area contributed by atoms with Gasteiger partial charge in [-0.15, -0.1) is 24.0 Å². The monoisotopic (exact) mass is 521 g/mol. The summed E-state index contributed by atoms with van der Waals surface area (Å²) in [5.41, 5.74) is 4.66. The summed E-state index contributed by atoms with van der Waals surface area (Å²) in [6.07, 6.45) is 1.91. The number of aromatic nitrogens is 2. The van der Waals surface area contributed by atoms with Gasteiger partial charge in [-0.25, -0.2) is 4.98 Å². The molecule has 0 fully saturated rings. The molecule has 0 aliphatic rings. The first kappa shape index (κ1) is 24.0. The van der Waals surface area contributed by atoms with Crippen molar-refractivity contribution in [1.29, 1.82) is 0 Å². The van der Waals surface area contributed by atoms with Crippen LogP contribution in [0.3, 0.4) is 0 Å². The largest absolute Gasteiger partial charge is 0.496 e. The zero-order valence-electron chi connectivity index (χ0n) is 18.2. The number of aryl methyl sites for hydroxylation is 3. The van der Waals surface area contributed by atoms with Gasteiger partial charge in [-0.1, -0.05) is 24.3 Å². The number of benzene rings is 2. The molecule has 0 aliphatic carbocycles. The molecule has 2 N–H and O–H groups in total. The van der Waals surface area contributed by atoms with Crippen LogP contribution in [0.2, 0.25) is 0 Å². The standard InChI is InChI=1S/C23H31N5O.HI/c1-17-10-11-19(16-22(17)29-4)12-14-26-23(24-3)25-13-7-15-28-18(2)27-20-8-5-6-9-21(20)28;/h5-6,8-11,16H,7,12-15H2,1-4H3,(H2,24,25,26);1H. The normalized spacial score (nSPS) is 11.3. The third-order valence-electron chi connectivity index (χ3n) is 5.10. The number of fused-ring (bicyclic) bond motifs is 1. The first-order valence-electron chi connectivity index (χ1n) is 10.1. The number of nitrogens with one attached hydrogen (secondary N) is 2. The number of ether oxygens (including phenoxy) is 1. The Morgan fingerprint density at radius 1 is 1.10 bits per heavy atom. The predicted octanol–water partition coefficient (Wildman–Crippen LogP) is 4.08. The van der Waals surface area contributed by atoms with E-state index in [0.29, 0.717) is 0 Å². The van der Waals surface area contributed by atoms with Crippen LogP contribution >= 0.6 is 24.0 Å². The Morgan fingerprint density at radius 2 is 1.87 bits per heavy atom. The molecule has 3 rings (SSSR count). The van der Waals surface area contributed by atoms with E-state index in [1.54, 1.807) is 14.2 Å². The lowest BCUT2D eigenvalue weighted by Gasteiger charge is -2.13. The van der Waals surface area contributed by atoms with Crippen molar-refractivity contribution in [2.24, 2.45) is 4.99 Å². The van der Waals surface area contributed by atoms with Gasteiger partial charge in [-0.2, -0.15) is 0 Å². The smallest absolute Gasteiger partial charge is 0.190 e.